The van der Waals surface area contributed by atoms with Gasteiger partial charge in [-0.15, -0.1) is 0 Å². The van der Waals surface area contributed by atoms with Crippen LogP contribution in [0.3, 0.4) is 0 Å². The Morgan fingerprint density at radius 1 is 1.18 bits per heavy atom. The van der Waals surface area contributed by atoms with Crippen molar-refractivity contribution in [2.75, 3.05) is 13.2 Å². The van der Waals surface area contributed by atoms with Crippen molar-refractivity contribution < 1.29 is 19.1 Å². The zero-order chi connectivity index (χ0) is 23.9. The van der Waals surface area contributed by atoms with Crippen molar-refractivity contribution >= 4 is 17.6 Å². The van der Waals surface area contributed by atoms with Crippen molar-refractivity contribution in [1.82, 2.24) is 10.2 Å². The lowest BCUT2D eigenvalue weighted by Crippen LogP contribution is -2.50. The molecule has 5 rings (SSSR count). The third-order valence-corrected chi connectivity index (χ3v) is 8.56. The van der Waals surface area contributed by atoms with E-state index >= 15 is 0 Å². The summed E-state index contributed by atoms with van der Waals surface area (Å²) in [6.07, 6.45) is 7.80. The topological polar surface area (TPSA) is 99.5 Å². The summed E-state index contributed by atoms with van der Waals surface area (Å²) >= 11 is 0. The van der Waals surface area contributed by atoms with Gasteiger partial charge in [-0.2, -0.15) is 5.26 Å². The average molecular weight is 464 g/mol. The molecule has 1 aromatic rings. The molecule has 0 radical (unpaired) electrons. The minimum Gasteiger partial charge on any atom is -0.484 e. The second-order valence-electron chi connectivity index (χ2n) is 11.2. The van der Waals surface area contributed by atoms with Gasteiger partial charge in [-0.1, -0.05) is 24.1 Å². The van der Waals surface area contributed by atoms with Crippen LogP contribution in [0.5, 0.6) is 5.75 Å². The molecule has 4 fully saturated rings. The zero-order valence-electron chi connectivity index (χ0n) is 19.8. The van der Waals surface area contributed by atoms with Gasteiger partial charge in [-0.25, -0.2) is 0 Å². The highest BCUT2D eigenvalue weighted by molar-refractivity contribution is 5.89. The first kappa shape index (κ1) is 22.9. The Bertz CT molecular complexity index is 1020. The van der Waals surface area contributed by atoms with Crippen molar-refractivity contribution in [3.63, 3.8) is 0 Å². The van der Waals surface area contributed by atoms with E-state index in [2.05, 4.69) is 11.4 Å². The van der Waals surface area contributed by atoms with E-state index in [-0.39, 0.29) is 41.0 Å². The Morgan fingerprint density at radius 3 is 2.50 bits per heavy atom. The molecule has 0 aromatic heterocycles. The number of Topliss-reactive ketones (excluding diaryl/α,β-unsaturated/α-hetero) is 1. The number of benzene rings is 1. The number of ketones is 1. The van der Waals surface area contributed by atoms with E-state index in [4.69, 9.17) is 4.74 Å². The Hall–Kier alpha value is -2.88. The molecule has 2 amide bonds. The molecular weight excluding hydrogens is 430 g/mol. The van der Waals surface area contributed by atoms with Crippen LogP contribution in [0.15, 0.2) is 24.3 Å². The van der Waals surface area contributed by atoms with Crippen LogP contribution in [0, 0.1) is 35.0 Å². The summed E-state index contributed by atoms with van der Waals surface area (Å²) in [5.74, 6) is 0.211. The van der Waals surface area contributed by atoms with Gasteiger partial charge in [0.05, 0.1) is 6.07 Å². The van der Waals surface area contributed by atoms with Crippen molar-refractivity contribution in [2.24, 2.45) is 16.7 Å². The number of hydrogen-bond acceptors (Lipinski definition) is 5. The van der Waals surface area contributed by atoms with E-state index in [9.17, 15) is 19.6 Å². The number of carbonyl (C=O) groups is 3. The number of hydrogen-bond donors (Lipinski definition) is 1. The number of nitriles is 1. The molecule has 2 spiro atoms. The summed E-state index contributed by atoms with van der Waals surface area (Å²) < 4.78 is 5.70. The number of nitrogens with zero attached hydrogens (tertiary/aromatic N) is 2. The molecular formula is C27H33N3O4. The molecule has 3 atom stereocenters. The van der Waals surface area contributed by atoms with Crippen molar-refractivity contribution in [3.8, 4) is 11.8 Å². The summed E-state index contributed by atoms with van der Waals surface area (Å²) in [7, 11) is 0. The number of nitrogens with one attached hydrogen (secondary N) is 1. The number of carbonyl (C=O) groups excluding carboxylic acids is 3. The molecule has 180 valence electrons. The molecule has 0 bridgehead atoms. The third-order valence-electron chi connectivity index (χ3n) is 8.56. The van der Waals surface area contributed by atoms with Gasteiger partial charge in [0.25, 0.3) is 5.91 Å². The van der Waals surface area contributed by atoms with Gasteiger partial charge in [-0.3, -0.25) is 14.4 Å². The zero-order valence-corrected chi connectivity index (χ0v) is 19.8. The first-order valence-corrected chi connectivity index (χ1v) is 12.5. The maximum atomic E-state index is 13.3. The third kappa shape index (κ3) is 4.55. The fourth-order valence-electron chi connectivity index (χ4n) is 6.15. The van der Waals surface area contributed by atoms with Gasteiger partial charge in [0.15, 0.2) is 6.61 Å². The number of ether oxygens (including phenoxy) is 1. The van der Waals surface area contributed by atoms with Crippen LogP contribution >= 0.6 is 0 Å². The van der Waals surface area contributed by atoms with Gasteiger partial charge in [-0.05, 0) is 74.8 Å². The molecule has 7 nitrogen and oxygen atoms in total. The highest BCUT2D eigenvalue weighted by atomic mass is 16.5. The first-order chi connectivity index (χ1) is 16.3. The number of aryl methyl sites for hydroxylation is 1. The Labute approximate surface area is 200 Å². The van der Waals surface area contributed by atoms with Gasteiger partial charge in [0, 0.05) is 18.9 Å². The molecule has 1 N–H and O–H groups in total. The quantitative estimate of drug-likeness (QED) is 0.669. The van der Waals surface area contributed by atoms with Gasteiger partial charge >= 0.3 is 0 Å². The molecule has 1 saturated heterocycles. The largest absolute Gasteiger partial charge is 0.484 e. The van der Waals surface area contributed by atoms with Crippen LogP contribution in [0.2, 0.25) is 0 Å². The average Bonchev–Trinajstić information content (AvgIpc) is 3.28. The molecule has 34 heavy (non-hydrogen) atoms. The van der Waals surface area contributed by atoms with Crippen LogP contribution in [0.25, 0.3) is 0 Å². The normalized spacial score (nSPS) is 26.7. The van der Waals surface area contributed by atoms with E-state index in [0.717, 1.165) is 44.1 Å². The second kappa shape index (κ2) is 8.72. The van der Waals surface area contributed by atoms with Crippen LogP contribution in [-0.4, -0.2) is 47.7 Å². The van der Waals surface area contributed by atoms with Crippen LogP contribution in [-0.2, 0) is 14.4 Å². The minimum absolute atomic E-state index is 0.00341. The fraction of sp³-hybridized carbons (Fsp3) is 0.630. The van der Waals surface area contributed by atoms with Crippen molar-refractivity contribution in [1.29, 1.82) is 5.26 Å². The molecule has 7 heteroatoms. The number of amides is 2. The number of rotatable bonds is 7. The lowest BCUT2D eigenvalue weighted by molar-refractivity contribution is -0.140. The Morgan fingerprint density at radius 2 is 1.91 bits per heavy atom. The summed E-state index contributed by atoms with van der Waals surface area (Å²) in [5.41, 5.74) is 1.30. The fourth-order valence-corrected chi connectivity index (χ4v) is 6.15. The Balaban J connectivity index is 1.21. The lowest BCUT2D eigenvalue weighted by Gasteiger charge is -2.37. The van der Waals surface area contributed by atoms with Crippen LogP contribution in [0.4, 0.5) is 0 Å². The van der Waals surface area contributed by atoms with Crippen LogP contribution in [0.1, 0.15) is 63.4 Å². The van der Waals surface area contributed by atoms with Crippen molar-refractivity contribution in [3.05, 3.63) is 29.8 Å². The highest BCUT2D eigenvalue weighted by Gasteiger charge is 2.53. The van der Waals surface area contributed by atoms with E-state index in [0.29, 0.717) is 31.6 Å². The highest BCUT2D eigenvalue weighted by Crippen LogP contribution is 2.59. The second-order valence-corrected chi connectivity index (χ2v) is 11.2. The molecule has 4 aliphatic rings. The maximum Gasteiger partial charge on any atom is 0.261 e. The molecule has 1 aliphatic heterocycles. The van der Waals surface area contributed by atoms with Gasteiger partial charge in [0.2, 0.25) is 5.91 Å². The molecule has 3 saturated carbocycles. The minimum atomic E-state index is -0.714. The predicted octanol–water partition coefficient (Wildman–Crippen LogP) is 3.30. The molecule has 1 heterocycles. The molecule has 1 aromatic carbocycles. The Kier molecular flexibility index (Phi) is 5.87. The smallest absolute Gasteiger partial charge is 0.261 e. The van der Waals surface area contributed by atoms with Crippen LogP contribution < -0.4 is 10.1 Å². The number of likely N-dealkylation sites (tertiary alicyclic amines) is 1. The van der Waals surface area contributed by atoms with Gasteiger partial charge < -0.3 is 15.0 Å². The summed E-state index contributed by atoms with van der Waals surface area (Å²) in [5, 5.41) is 12.6. The van der Waals surface area contributed by atoms with Crippen molar-refractivity contribution in [2.45, 2.75) is 76.8 Å². The monoisotopic (exact) mass is 463 g/mol. The predicted molar refractivity (Wildman–Crippen MR) is 125 cm³/mol. The lowest BCUT2D eigenvalue weighted by atomic mass is 9.67. The van der Waals surface area contributed by atoms with E-state index < -0.39 is 12.1 Å². The van der Waals surface area contributed by atoms with Gasteiger partial charge in [0.1, 0.15) is 23.6 Å². The SMILES string of the molecule is Cc1ccc(OCC(=O)N2CC3(CCC3)C[C@H]2C(=O)N[C@H](C#N)C[C@@H]2CC3(CC3)CC2=O)cc1. The van der Waals surface area contributed by atoms with E-state index in [1.165, 1.54) is 0 Å². The van der Waals surface area contributed by atoms with E-state index in [1.54, 1.807) is 4.90 Å². The maximum absolute atomic E-state index is 13.3. The summed E-state index contributed by atoms with van der Waals surface area (Å²) in [4.78, 5) is 40.4. The standard InChI is InChI=1S/C27H33N3O4/c1-18-3-5-21(6-4-18)34-16-24(32)30-17-27(7-2-8-27)13-22(30)25(33)29-20(15-28)11-19-12-26(9-10-26)14-23(19)31/h3-6,19-20,22H,2,7-14,16-17H2,1H3,(H,29,33)/t19-,20+,22+/m1/s1. The summed E-state index contributed by atoms with van der Waals surface area (Å²) in [6.45, 7) is 2.42. The van der Waals surface area contributed by atoms with E-state index in [1.807, 2.05) is 31.2 Å². The first-order valence-electron chi connectivity index (χ1n) is 12.5. The molecule has 0 unspecified atom stereocenters. The summed E-state index contributed by atoms with van der Waals surface area (Å²) in [6, 6.07) is 8.39. The molecule has 3 aliphatic carbocycles.